The SMILES string of the molecule is C/C=C(\N=C(C)c1ccc(-c2nc(C3CCC3)n3ccnc(N)c23)cc1C)c1ccccc1. The van der Waals surface area contributed by atoms with Gasteiger partial charge in [0.05, 0.1) is 5.70 Å². The van der Waals surface area contributed by atoms with E-state index >= 15 is 0 Å². The fraction of sp³-hybridized carbons (Fsp3) is 0.250. The molecule has 1 aliphatic rings. The van der Waals surface area contributed by atoms with Crippen molar-refractivity contribution < 1.29 is 0 Å². The number of allylic oxidation sites excluding steroid dienone is 1. The number of nitrogens with two attached hydrogens (primary N) is 1. The third-order valence-corrected chi connectivity index (χ3v) is 6.60. The van der Waals surface area contributed by atoms with Crippen molar-refractivity contribution in [1.82, 2.24) is 14.4 Å². The minimum absolute atomic E-state index is 0.500. The Balaban J connectivity index is 1.54. The van der Waals surface area contributed by atoms with Gasteiger partial charge in [-0.3, -0.25) is 9.39 Å². The smallest absolute Gasteiger partial charge is 0.150 e. The van der Waals surface area contributed by atoms with Crippen LogP contribution in [0.25, 0.3) is 22.5 Å². The number of aryl methyl sites for hydroxylation is 1. The third kappa shape index (κ3) is 3.84. The quantitative estimate of drug-likeness (QED) is 0.368. The van der Waals surface area contributed by atoms with Gasteiger partial charge >= 0.3 is 0 Å². The van der Waals surface area contributed by atoms with Crippen LogP contribution in [0.4, 0.5) is 5.82 Å². The fourth-order valence-corrected chi connectivity index (χ4v) is 4.61. The summed E-state index contributed by atoms with van der Waals surface area (Å²) in [6.45, 7) is 6.22. The second-order valence-corrected chi connectivity index (χ2v) is 8.74. The zero-order valence-electron chi connectivity index (χ0n) is 19.4. The summed E-state index contributed by atoms with van der Waals surface area (Å²) in [5, 5.41) is 0. The molecule has 4 aromatic rings. The van der Waals surface area contributed by atoms with E-state index in [1.165, 1.54) is 19.3 Å². The Morgan fingerprint density at radius 3 is 2.61 bits per heavy atom. The van der Waals surface area contributed by atoms with Crippen molar-refractivity contribution in [1.29, 1.82) is 0 Å². The molecule has 2 aromatic carbocycles. The van der Waals surface area contributed by atoms with Gasteiger partial charge in [-0.25, -0.2) is 9.97 Å². The molecule has 0 bridgehead atoms. The maximum absolute atomic E-state index is 6.31. The van der Waals surface area contributed by atoms with E-state index < -0.39 is 0 Å². The lowest BCUT2D eigenvalue weighted by Crippen LogP contribution is -2.12. The fourth-order valence-electron chi connectivity index (χ4n) is 4.61. The van der Waals surface area contributed by atoms with E-state index in [9.17, 15) is 0 Å². The monoisotopic (exact) mass is 435 g/mol. The van der Waals surface area contributed by atoms with Gasteiger partial charge in [0.15, 0.2) is 0 Å². The topological polar surface area (TPSA) is 68.6 Å². The van der Waals surface area contributed by atoms with Gasteiger partial charge in [-0.05, 0) is 56.4 Å². The molecule has 0 aliphatic heterocycles. The highest BCUT2D eigenvalue weighted by atomic mass is 15.1. The van der Waals surface area contributed by atoms with E-state index in [0.717, 1.165) is 50.7 Å². The summed E-state index contributed by atoms with van der Waals surface area (Å²) < 4.78 is 2.13. The van der Waals surface area contributed by atoms with Crippen molar-refractivity contribution in [3.05, 3.63) is 89.5 Å². The van der Waals surface area contributed by atoms with E-state index in [2.05, 4.69) is 59.6 Å². The number of benzene rings is 2. The van der Waals surface area contributed by atoms with Crippen molar-refractivity contribution in [3.8, 4) is 11.3 Å². The van der Waals surface area contributed by atoms with Crippen molar-refractivity contribution in [2.24, 2.45) is 4.99 Å². The van der Waals surface area contributed by atoms with Crippen LogP contribution in [0.2, 0.25) is 0 Å². The molecular formula is C28H29N5. The van der Waals surface area contributed by atoms with Gasteiger partial charge < -0.3 is 5.73 Å². The number of fused-ring (bicyclic) bond motifs is 1. The molecule has 166 valence electrons. The van der Waals surface area contributed by atoms with Gasteiger partial charge in [0.1, 0.15) is 22.9 Å². The summed E-state index contributed by atoms with van der Waals surface area (Å²) in [5.41, 5.74) is 14.5. The molecule has 2 N–H and O–H groups in total. The van der Waals surface area contributed by atoms with Crippen molar-refractivity contribution in [2.45, 2.75) is 46.0 Å². The minimum Gasteiger partial charge on any atom is -0.382 e. The lowest BCUT2D eigenvalue weighted by molar-refractivity contribution is 0.400. The minimum atomic E-state index is 0.500. The normalized spacial score (nSPS) is 15.1. The standard InChI is InChI=1S/C28H29N5/c1-4-24(20-9-6-5-7-10-20)31-19(3)23-14-13-22(17-18(23)2)25-26-27(29)30-15-16-33(26)28(32-25)21-11-8-12-21/h4-7,9-10,13-17,21H,8,11-12H2,1-3H3,(H2,29,30)/b24-4-,31-19?. The molecule has 0 atom stereocenters. The molecule has 0 unspecified atom stereocenters. The Bertz CT molecular complexity index is 1370. The molecule has 33 heavy (non-hydrogen) atoms. The molecule has 2 heterocycles. The number of hydrogen-bond donors (Lipinski definition) is 1. The largest absolute Gasteiger partial charge is 0.382 e. The van der Waals surface area contributed by atoms with Crippen LogP contribution in [0, 0.1) is 6.92 Å². The summed E-state index contributed by atoms with van der Waals surface area (Å²) in [4.78, 5) is 14.3. The van der Waals surface area contributed by atoms with Crippen molar-refractivity contribution in [2.75, 3.05) is 5.73 Å². The van der Waals surface area contributed by atoms with E-state index in [4.69, 9.17) is 15.7 Å². The van der Waals surface area contributed by atoms with E-state index in [-0.39, 0.29) is 0 Å². The number of rotatable bonds is 5. The molecule has 0 spiro atoms. The second kappa shape index (κ2) is 8.66. The number of nitrogen functional groups attached to an aromatic ring is 1. The number of imidazole rings is 1. The Hall–Kier alpha value is -3.73. The summed E-state index contributed by atoms with van der Waals surface area (Å²) >= 11 is 0. The Kier molecular flexibility index (Phi) is 5.55. The summed E-state index contributed by atoms with van der Waals surface area (Å²) in [6, 6.07) is 16.7. The van der Waals surface area contributed by atoms with Crippen LogP contribution in [-0.2, 0) is 0 Å². The number of anilines is 1. The van der Waals surface area contributed by atoms with Gasteiger partial charge in [0.2, 0.25) is 0 Å². The molecule has 2 aromatic heterocycles. The molecule has 5 rings (SSSR count). The van der Waals surface area contributed by atoms with Crippen molar-refractivity contribution >= 4 is 22.7 Å². The van der Waals surface area contributed by atoms with E-state index in [0.29, 0.717) is 11.7 Å². The highest BCUT2D eigenvalue weighted by Crippen LogP contribution is 2.39. The zero-order valence-corrected chi connectivity index (χ0v) is 19.4. The molecule has 1 fully saturated rings. The van der Waals surface area contributed by atoms with Gasteiger partial charge in [-0.2, -0.15) is 0 Å². The summed E-state index contributed by atoms with van der Waals surface area (Å²) in [6.07, 6.45) is 9.43. The van der Waals surface area contributed by atoms with Gasteiger partial charge in [0, 0.05) is 29.6 Å². The first-order valence-electron chi connectivity index (χ1n) is 11.6. The van der Waals surface area contributed by atoms with Crippen LogP contribution < -0.4 is 5.73 Å². The highest BCUT2D eigenvalue weighted by molar-refractivity contribution is 6.03. The first-order valence-corrected chi connectivity index (χ1v) is 11.6. The Labute approximate surface area is 194 Å². The lowest BCUT2D eigenvalue weighted by atomic mass is 9.85. The van der Waals surface area contributed by atoms with E-state index in [1.54, 1.807) is 6.20 Å². The number of aliphatic imine (C=N–C) groups is 1. The Morgan fingerprint density at radius 2 is 1.94 bits per heavy atom. The highest BCUT2D eigenvalue weighted by Gasteiger charge is 2.27. The number of nitrogens with zero attached hydrogens (tertiary/aromatic N) is 4. The van der Waals surface area contributed by atoms with Gasteiger partial charge in [-0.1, -0.05) is 55.0 Å². The average Bonchev–Trinajstić information content (AvgIpc) is 3.17. The number of aromatic nitrogens is 3. The predicted octanol–water partition coefficient (Wildman–Crippen LogP) is 6.42. The first-order chi connectivity index (χ1) is 16.1. The van der Waals surface area contributed by atoms with Crippen LogP contribution in [0.5, 0.6) is 0 Å². The first kappa shape index (κ1) is 21.1. The van der Waals surface area contributed by atoms with Crippen LogP contribution in [-0.4, -0.2) is 20.1 Å². The average molecular weight is 436 g/mol. The molecule has 5 nitrogen and oxygen atoms in total. The van der Waals surface area contributed by atoms with Crippen LogP contribution in [0.3, 0.4) is 0 Å². The second-order valence-electron chi connectivity index (χ2n) is 8.74. The molecule has 5 heteroatoms. The molecule has 1 saturated carbocycles. The summed E-state index contributed by atoms with van der Waals surface area (Å²) in [5.74, 6) is 2.12. The van der Waals surface area contributed by atoms with Crippen LogP contribution >= 0.6 is 0 Å². The zero-order chi connectivity index (χ0) is 22.9. The predicted molar refractivity (Wildman–Crippen MR) is 136 cm³/mol. The molecular weight excluding hydrogens is 406 g/mol. The molecule has 1 aliphatic carbocycles. The molecule has 0 amide bonds. The third-order valence-electron chi connectivity index (χ3n) is 6.60. The maximum atomic E-state index is 6.31. The maximum Gasteiger partial charge on any atom is 0.150 e. The molecule has 0 radical (unpaired) electrons. The summed E-state index contributed by atoms with van der Waals surface area (Å²) in [7, 11) is 0. The van der Waals surface area contributed by atoms with Crippen LogP contribution in [0.1, 0.15) is 61.5 Å². The van der Waals surface area contributed by atoms with Crippen molar-refractivity contribution in [3.63, 3.8) is 0 Å². The van der Waals surface area contributed by atoms with Gasteiger partial charge in [-0.15, -0.1) is 0 Å². The van der Waals surface area contributed by atoms with Gasteiger partial charge in [0.25, 0.3) is 0 Å². The Morgan fingerprint density at radius 1 is 1.15 bits per heavy atom. The number of hydrogen-bond acceptors (Lipinski definition) is 4. The lowest BCUT2D eigenvalue weighted by Gasteiger charge is -2.23. The van der Waals surface area contributed by atoms with E-state index in [1.807, 2.05) is 31.3 Å². The van der Waals surface area contributed by atoms with Crippen LogP contribution in [0.15, 0.2) is 72.0 Å². The molecule has 0 saturated heterocycles.